The Morgan fingerprint density at radius 1 is 1.19 bits per heavy atom. The fraction of sp³-hybridized carbons (Fsp3) is 0.579. The van der Waals surface area contributed by atoms with Crippen LogP contribution in [0.5, 0.6) is 5.75 Å². The van der Waals surface area contributed by atoms with Crippen molar-refractivity contribution in [3.63, 3.8) is 0 Å². The first-order chi connectivity index (χ1) is 12.1. The number of hydrogen-bond donors (Lipinski definition) is 2. The first-order valence-corrected chi connectivity index (χ1v) is 9.18. The van der Waals surface area contributed by atoms with Crippen molar-refractivity contribution in [3.8, 4) is 5.75 Å². The maximum Gasteiger partial charge on any atom is 0.260 e. The van der Waals surface area contributed by atoms with Gasteiger partial charge in [0.25, 0.3) is 5.91 Å². The van der Waals surface area contributed by atoms with Gasteiger partial charge in [-0.3, -0.25) is 9.59 Å². The Morgan fingerprint density at radius 2 is 1.96 bits per heavy atom. The van der Waals surface area contributed by atoms with Crippen molar-refractivity contribution in [3.05, 3.63) is 24.3 Å². The molecule has 0 aromatic heterocycles. The van der Waals surface area contributed by atoms with E-state index in [0.29, 0.717) is 17.9 Å². The van der Waals surface area contributed by atoms with E-state index in [0.717, 1.165) is 45.2 Å². The van der Waals surface area contributed by atoms with E-state index >= 15 is 0 Å². The molecule has 1 saturated carbocycles. The second-order valence-electron chi connectivity index (χ2n) is 7.01. The molecule has 0 spiro atoms. The molecule has 144 valence electrons. The Balaban J connectivity index is 0.00000243. The monoisotopic (exact) mass is 381 g/mol. The summed E-state index contributed by atoms with van der Waals surface area (Å²) in [7, 11) is 0. The fourth-order valence-corrected chi connectivity index (χ4v) is 3.64. The van der Waals surface area contributed by atoms with Gasteiger partial charge < -0.3 is 20.7 Å². The number of nitrogens with zero attached hydrogens (tertiary/aromatic N) is 1. The van der Waals surface area contributed by atoms with Gasteiger partial charge in [-0.1, -0.05) is 12.5 Å². The van der Waals surface area contributed by atoms with Crippen LogP contribution in [0, 0.1) is 5.92 Å². The molecule has 2 atom stereocenters. The van der Waals surface area contributed by atoms with E-state index in [9.17, 15) is 9.59 Å². The third kappa shape index (κ3) is 5.61. The molecule has 0 radical (unpaired) electrons. The van der Waals surface area contributed by atoms with Gasteiger partial charge in [-0.2, -0.15) is 0 Å². The molecule has 0 bridgehead atoms. The van der Waals surface area contributed by atoms with Crippen LogP contribution in [-0.2, 0) is 9.59 Å². The molecule has 1 heterocycles. The molecule has 6 nitrogen and oxygen atoms in total. The van der Waals surface area contributed by atoms with Gasteiger partial charge >= 0.3 is 0 Å². The molecule has 26 heavy (non-hydrogen) atoms. The van der Waals surface area contributed by atoms with Crippen molar-refractivity contribution in [2.24, 2.45) is 11.7 Å². The molecule has 2 aliphatic rings. The lowest BCUT2D eigenvalue weighted by Gasteiger charge is -2.16. The van der Waals surface area contributed by atoms with Crippen molar-refractivity contribution < 1.29 is 14.3 Å². The SMILES string of the molecule is Cl.N[C@@H]1CCC[C@H]1CC(=O)Nc1cccc(OCC(=O)N2CCCC2)c1. The molecule has 3 rings (SSSR count). The predicted octanol–water partition coefficient (Wildman–Crippen LogP) is 2.57. The molecule has 1 aromatic carbocycles. The van der Waals surface area contributed by atoms with Crippen LogP contribution in [-0.4, -0.2) is 42.5 Å². The normalized spacial score (nSPS) is 22.0. The molecule has 3 N–H and O–H groups in total. The lowest BCUT2D eigenvalue weighted by atomic mass is 10.00. The van der Waals surface area contributed by atoms with Crippen LogP contribution in [0.15, 0.2) is 24.3 Å². The number of rotatable bonds is 6. The van der Waals surface area contributed by atoms with Crippen LogP contribution in [0.25, 0.3) is 0 Å². The molecule has 0 unspecified atom stereocenters. The van der Waals surface area contributed by atoms with Gasteiger partial charge in [0.1, 0.15) is 5.75 Å². The van der Waals surface area contributed by atoms with Gasteiger partial charge in [-0.15, -0.1) is 12.4 Å². The number of benzene rings is 1. The third-order valence-electron chi connectivity index (χ3n) is 5.10. The number of ether oxygens (including phenoxy) is 1. The van der Waals surface area contributed by atoms with E-state index in [2.05, 4.69) is 5.32 Å². The average Bonchev–Trinajstić information content (AvgIpc) is 3.26. The average molecular weight is 382 g/mol. The molecule has 1 aromatic rings. The first kappa shape index (κ1) is 20.5. The van der Waals surface area contributed by atoms with Crippen molar-refractivity contribution in [1.82, 2.24) is 4.90 Å². The largest absolute Gasteiger partial charge is 0.484 e. The van der Waals surface area contributed by atoms with Crippen LogP contribution < -0.4 is 15.8 Å². The molecule has 1 aliphatic heterocycles. The molecular formula is C19H28ClN3O3. The molecule has 1 aliphatic carbocycles. The maximum absolute atomic E-state index is 12.2. The summed E-state index contributed by atoms with van der Waals surface area (Å²) in [5.74, 6) is 0.857. The van der Waals surface area contributed by atoms with E-state index in [4.69, 9.17) is 10.5 Å². The highest BCUT2D eigenvalue weighted by molar-refractivity contribution is 5.91. The highest BCUT2D eigenvalue weighted by Crippen LogP contribution is 2.27. The molecule has 2 fully saturated rings. The van der Waals surface area contributed by atoms with Gasteiger partial charge in [-0.25, -0.2) is 0 Å². The minimum absolute atomic E-state index is 0. The zero-order chi connectivity index (χ0) is 17.6. The summed E-state index contributed by atoms with van der Waals surface area (Å²) in [4.78, 5) is 26.1. The summed E-state index contributed by atoms with van der Waals surface area (Å²) >= 11 is 0. The number of amides is 2. The van der Waals surface area contributed by atoms with E-state index in [1.165, 1.54) is 0 Å². The Kier molecular flexibility index (Phi) is 7.72. The van der Waals surface area contributed by atoms with Crippen molar-refractivity contribution >= 4 is 29.9 Å². The summed E-state index contributed by atoms with van der Waals surface area (Å²) in [5, 5.41) is 2.90. The van der Waals surface area contributed by atoms with Gasteiger partial charge in [-0.05, 0) is 43.7 Å². The zero-order valence-electron chi connectivity index (χ0n) is 15.0. The predicted molar refractivity (Wildman–Crippen MR) is 104 cm³/mol. The third-order valence-corrected chi connectivity index (χ3v) is 5.10. The quantitative estimate of drug-likeness (QED) is 0.793. The summed E-state index contributed by atoms with van der Waals surface area (Å²) in [5.41, 5.74) is 6.71. The molecular weight excluding hydrogens is 354 g/mol. The summed E-state index contributed by atoms with van der Waals surface area (Å²) in [6.45, 7) is 1.68. The molecule has 7 heteroatoms. The summed E-state index contributed by atoms with van der Waals surface area (Å²) in [6, 6.07) is 7.31. The Labute approximate surface area is 160 Å². The summed E-state index contributed by atoms with van der Waals surface area (Å²) < 4.78 is 5.59. The standard InChI is InChI=1S/C19H27N3O3.ClH/c20-17-8-3-5-14(17)11-18(23)21-15-6-4-7-16(12-15)25-13-19(24)22-9-1-2-10-22;/h4,6-7,12,14,17H,1-3,5,8-11,13,20H2,(H,21,23);1H/t14-,17+;/m0./s1. The van der Waals surface area contributed by atoms with Crippen molar-refractivity contribution in [2.75, 3.05) is 25.0 Å². The number of hydrogen-bond acceptors (Lipinski definition) is 4. The number of halogens is 1. The number of likely N-dealkylation sites (tertiary alicyclic amines) is 1. The van der Waals surface area contributed by atoms with Crippen LogP contribution in [0.2, 0.25) is 0 Å². The van der Waals surface area contributed by atoms with E-state index in [-0.39, 0.29) is 42.8 Å². The van der Waals surface area contributed by atoms with Crippen molar-refractivity contribution in [2.45, 2.75) is 44.6 Å². The minimum Gasteiger partial charge on any atom is -0.484 e. The lowest BCUT2D eigenvalue weighted by Crippen LogP contribution is -2.32. The Bertz CT molecular complexity index is 620. The van der Waals surface area contributed by atoms with Crippen LogP contribution >= 0.6 is 12.4 Å². The van der Waals surface area contributed by atoms with E-state index in [1.807, 2.05) is 17.0 Å². The zero-order valence-corrected chi connectivity index (χ0v) is 15.8. The highest BCUT2D eigenvalue weighted by atomic mass is 35.5. The van der Waals surface area contributed by atoms with Gasteiger partial charge in [0.2, 0.25) is 5.91 Å². The number of anilines is 1. The second-order valence-corrected chi connectivity index (χ2v) is 7.01. The van der Waals surface area contributed by atoms with Crippen LogP contribution in [0.4, 0.5) is 5.69 Å². The molecule has 2 amide bonds. The smallest absolute Gasteiger partial charge is 0.260 e. The van der Waals surface area contributed by atoms with Gasteiger partial charge in [0.05, 0.1) is 0 Å². The first-order valence-electron chi connectivity index (χ1n) is 9.18. The number of nitrogens with two attached hydrogens (primary N) is 1. The minimum atomic E-state index is -0.0207. The van der Waals surface area contributed by atoms with Crippen molar-refractivity contribution in [1.29, 1.82) is 0 Å². The lowest BCUT2D eigenvalue weighted by molar-refractivity contribution is -0.132. The number of carbonyl (C=O) groups is 2. The van der Waals surface area contributed by atoms with Gasteiger partial charge in [0, 0.05) is 37.3 Å². The van der Waals surface area contributed by atoms with E-state index in [1.54, 1.807) is 12.1 Å². The van der Waals surface area contributed by atoms with Crippen LogP contribution in [0.1, 0.15) is 38.5 Å². The fourth-order valence-electron chi connectivity index (χ4n) is 3.64. The second kappa shape index (κ2) is 9.78. The van der Waals surface area contributed by atoms with E-state index < -0.39 is 0 Å². The van der Waals surface area contributed by atoms with Gasteiger partial charge in [0.15, 0.2) is 6.61 Å². The van der Waals surface area contributed by atoms with Crippen LogP contribution in [0.3, 0.4) is 0 Å². The Hall–Kier alpha value is -1.79. The highest BCUT2D eigenvalue weighted by Gasteiger charge is 2.26. The molecule has 1 saturated heterocycles. The maximum atomic E-state index is 12.2. The summed E-state index contributed by atoms with van der Waals surface area (Å²) in [6.07, 6.45) is 5.73. The topological polar surface area (TPSA) is 84.7 Å². The number of nitrogens with one attached hydrogen (secondary N) is 1. The Morgan fingerprint density at radius 3 is 2.65 bits per heavy atom. The number of carbonyl (C=O) groups excluding carboxylic acids is 2.